The molecule has 7 rings (SSSR count). The van der Waals surface area contributed by atoms with Crippen molar-refractivity contribution < 1.29 is 38.1 Å². The zero-order chi connectivity index (χ0) is 39.7. The van der Waals surface area contributed by atoms with Crippen LogP contribution in [0.15, 0.2) is 36.4 Å². The third-order valence-corrected chi connectivity index (χ3v) is 11.9. The molecule has 0 radical (unpaired) electrons. The molecule has 1 fully saturated rings. The zero-order valence-corrected chi connectivity index (χ0v) is 33.2. The number of methoxy groups -OCH3 is 1. The maximum atomic E-state index is 13.4. The summed E-state index contributed by atoms with van der Waals surface area (Å²) in [6.45, 7) is 7.73. The van der Waals surface area contributed by atoms with Crippen molar-refractivity contribution in [3.05, 3.63) is 75.3 Å². The van der Waals surface area contributed by atoms with Crippen LogP contribution < -0.4 is 29.0 Å². The number of ketones is 1. The summed E-state index contributed by atoms with van der Waals surface area (Å²) in [5, 5.41) is 14.5. The van der Waals surface area contributed by atoms with Gasteiger partial charge in [0, 0.05) is 60.6 Å². The highest BCUT2D eigenvalue weighted by molar-refractivity contribution is 5.81. The van der Waals surface area contributed by atoms with Crippen molar-refractivity contribution in [3.8, 4) is 34.8 Å². The van der Waals surface area contributed by atoms with E-state index in [4.69, 9.17) is 23.7 Å². The van der Waals surface area contributed by atoms with E-state index in [1.54, 1.807) is 7.11 Å². The average molecular weight is 765 g/mol. The maximum absolute atomic E-state index is 13.4. The standard InChI is InChI=1S/C44H52N4O8/c1-7-8-10-15-36(51)56-44-37-29(18-25(2)40(44)52-6)19-32-34(21-45)48-33(39(37)47(32)5)20-31-38(43-42(53-24-54-43)26(3)41(31)55-27(4)49)35(48)23-46-22-30(50)17-16-28-13-11-9-12-14-28/h9,11-14,18,32-35,39,46H,7-8,10,15-17,19-20,22-24H2,1-6H3/t32-,33?,34-,35-,39-/m0/s1. The predicted molar refractivity (Wildman–Crippen MR) is 208 cm³/mol. The lowest BCUT2D eigenvalue weighted by molar-refractivity contribution is -0.135. The van der Waals surface area contributed by atoms with E-state index in [2.05, 4.69) is 34.2 Å². The first kappa shape index (κ1) is 39.3. The molecule has 12 heteroatoms. The molecule has 1 saturated heterocycles. The summed E-state index contributed by atoms with van der Waals surface area (Å²) in [4.78, 5) is 43.9. The number of carbonyl (C=O) groups is 3. The third-order valence-electron chi connectivity index (χ3n) is 11.9. The number of rotatable bonds is 14. The molecule has 12 nitrogen and oxygen atoms in total. The second kappa shape index (κ2) is 16.6. The Hall–Kier alpha value is -4.96. The Morgan fingerprint density at radius 1 is 0.964 bits per heavy atom. The topological polar surface area (TPSA) is 140 Å². The molecule has 4 heterocycles. The highest BCUT2D eigenvalue weighted by atomic mass is 16.7. The van der Waals surface area contributed by atoms with Crippen molar-refractivity contribution in [2.24, 2.45) is 0 Å². The average Bonchev–Trinajstić information content (AvgIpc) is 3.67. The largest absolute Gasteiger partial charge is 0.493 e. The second-order valence-corrected chi connectivity index (χ2v) is 15.4. The molecule has 5 atom stereocenters. The van der Waals surface area contributed by atoms with E-state index in [-0.39, 0.29) is 49.6 Å². The molecule has 1 N–H and O–H groups in total. The van der Waals surface area contributed by atoms with Crippen molar-refractivity contribution in [2.45, 2.75) is 109 Å². The maximum Gasteiger partial charge on any atom is 0.311 e. The first-order valence-electron chi connectivity index (χ1n) is 19.8. The number of nitrogens with one attached hydrogen (secondary N) is 1. The van der Waals surface area contributed by atoms with Crippen LogP contribution in [0.1, 0.15) is 97.0 Å². The number of aryl methyl sites for hydroxylation is 2. The molecule has 3 aromatic carbocycles. The molecule has 0 aliphatic carbocycles. The fourth-order valence-electron chi connectivity index (χ4n) is 9.44. The van der Waals surface area contributed by atoms with Crippen LogP contribution in [0.3, 0.4) is 0 Å². The summed E-state index contributed by atoms with van der Waals surface area (Å²) in [5.41, 5.74) is 6.06. The van der Waals surface area contributed by atoms with Crippen molar-refractivity contribution in [1.82, 2.24) is 15.1 Å². The highest BCUT2D eigenvalue weighted by Crippen LogP contribution is 2.58. The summed E-state index contributed by atoms with van der Waals surface area (Å²) >= 11 is 0. The number of nitrogens with zero attached hydrogens (tertiary/aromatic N) is 3. The van der Waals surface area contributed by atoms with Crippen LogP contribution in [0.4, 0.5) is 0 Å². The van der Waals surface area contributed by atoms with E-state index >= 15 is 0 Å². The van der Waals surface area contributed by atoms with Gasteiger partial charge in [-0.15, -0.1) is 0 Å². The summed E-state index contributed by atoms with van der Waals surface area (Å²) in [6.07, 6.45) is 4.90. The highest BCUT2D eigenvalue weighted by Gasteiger charge is 2.57. The SMILES string of the molecule is CCCCCC(=O)Oc1c(OC)c(C)cc2c1[C@@H]1C3Cc4c(OC(C)=O)c(C)c5c(c4[C@H](CNCC(=O)CCc4ccccc4)N3[C@@H](C#N)[C@H](C2)N1C)OCO5. The minimum absolute atomic E-state index is 0.00284. The normalized spacial score (nSPS) is 22.0. The number of carbonyl (C=O) groups excluding carboxylic acids is 3. The fraction of sp³-hybridized carbons (Fsp3) is 0.500. The molecule has 56 heavy (non-hydrogen) atoms. The molecule has 0 saturated carbocycles. The van der Waals surface area contributed by atoms with Crippen LogP contribution in [0.25, 0.3) is 0 Å². The van der Waals surface area contributed by atoms with Gasteiger partial charge in [0.25, 0.3) is 0 Å². The smallest absolute Gasteiger partial charge is 0.311 e. The Kier molecular flexibility index (Phi) is 11.7. The summed E-state index contributed by atoms with van der Waals surface area (Å²) in [7, 11) is 3.62. The van der Waals surface area contributed by atoms with Crippen molar-refractivity contribution >= 4 is 17.7 Å². The molecular weight excluding hydrogens is 713 g/mol. The number of likely N-dealkylation sites (N-methyl/N-ethyl adjacent to an activating group) is 1. The van der Waals surface area contributed by atoms with Gasteiger partial charge in [0.1, 0.15) is 17.6 Å². The number of ether oxygens (including phenoxy) is 5. The number of piperazine rings is 1. The van der Waals surface area contributed by atoms with Crippen LogP contribution >= 0.6 is 0 Å². The lowest BCUT2D eigenvalue weighted by Crippen LogP contribution is -2.68. The van der Waals surface area contributed by atoms with Crippen LogP contribution in [-0.2, 0) is 33.6 Å². The van der Waals surface area contributed by atoms with Crippen molar-refractivity contribution in [2.75, 3.05) is 34.0 Å². The van der Waals surface area contributed by atoms with E-state index in [1.165, 1.54) is 6.92 Å². The van der Waals surface area contributed by atoms with Crippen LogP contribution in [0.5, 0.6) is 28.7 Å². The molecule has 0 amide bonds. The zero-order valence-electron chi connectivity index (χ0n) is 33.2. The fourth-order valence-corrected chi connectivity index (χ4v) is 9.44. The molecule has 2 bridgehead atoms. The summed E-state index contributed by atoms with van der Waals surface area (Å²) in [6, 6.07) is 12.8. The van der Waals surface area contributed by atoms with Gasteiger partial charge in [0.05, 0.1) is 31.8 Å². The number of hydrogen-bond donors (Lipinski definition) is 1. The third kappa shape index (κ3) is 7.24. The van der Waals surface area contributed by atoms with E-state index in [1.807, 2.05) is 51.2 Å². The van der Waals surface area contributed by atoms with E-state index in [0.717, 1.165) is 52.6 Å². The molecule has 4 aliphatic rings. The molecule has 4 aliphatic heterocycles. The van der Waals surface area contributed by atoms with Crippen molar-refractivity contribution in [1.29, 1.82) is 5.26 Å². The molecular formula is C44H52N4O8. The number of Topliss-reactive ketones (excluding diaryl/α,β-unsaturated/α-hetero) is 1. The molecule has 0 aromatic heterocycles. The van der Waals surface area contributed by atoms with Gasteiger partial charge in [0.15, 0.2) is 23.0 Å². The second-order valence-electron chi connectivity index (χ2n) is 15.4. The molecule has 0 spiro atoms. The molecule has 296 valence electrons. The lowest BCUT2D eigenvalue weighted by atomic mass is 9.71. The number of hydrogen-bond acceptors (Lipinski definition) is 12. The van der Waals surface area contributed by atoms with Crippen molar-refractivity contribution in [3.63, 3.8) is 0 Å². The number of fused-ring (bicyclic) bond motifs is 9. The number of unbranched alkanes of at least 4 members (excludes halogenated alkanes) is 2. The Labute approximate surface area is 329 Å². The Balaban J connectivity index is 1.33. The van der Waals surface area contributed by atoms with Gasteiger partial charge in [-0.05, 0) is 63.3 Å². The van der Waals surface area contributed by atoms with Gasteiger partial charge < -0.3 is 29.0 Å². The van der Waals surface area contributed by atoms with Gasteiger partial charge in [-0.3, -0.25) is 24.2 Å². The monoisotopic (exact) mass is 764 g/mol. The number of benzene rings is 3. The molecule has 3 aromatic rings. The Bertz CT molecular complexity index is 2040. The number of esters is 2. The summed E-state index contributed by atoms with van der Waals surface area (Å²) < 4.78 is 30.5. The summed E-state index contributed by atoms with van der Waals surface area (Å²) in [5.74, 6) is 1.71. The van der Waals surface area contributed by atoms with Gasteiger partial charge in [-0.25, -0.2) is 0 Å². The van der Waals surface area contributed by atoms with Crippen LogP contribution in [0.2, 0.25) is 0 Å². The minimum Gasteiger partial charge on any atom is -0.493 e. The predicted octanol–water partition coefficient (Wildman–Crippen LogP) is 6.01. The van der Waals surface area contributed by atoms with Crippen LogP contribution in [-0.4, -0.2) is 79.7 Å². The van der Waals surface area contributed by atoms with Gasteiger partial charge in [-0.2, -0.15) is 5.26 Å². The van der Waals surface area contributed by atoms with Gasteiger partial charge in [0.2, 0.25) is 6.79 Å². The Morgan fingerprint density at radius 3 is 2.45 bits per heavy atom. The van der Waals surface area contributed by atoms with Crippen LogP contribution in [0, 0.1) is 25.2 Å². The van der Waals surface area contributed by atoms with Gasteiger partial charge >= 0.3 is 11.9 Å². The first-order valence-corrected chi connectivity index (χ1v) is 19.8. The van der Waals surface area contributed by atoms with E-state index < -0.39 is 18.1 Å². The molecule has 1 unspecified atom stereocenters. The quantitative estimate of drug-likeness (QED) is 0.117. The van der Waals surface area contributed by atoms with Gasteiger partial charge in [-0.1, -0.05) is 56.2 Å². The number of nitriles is 1. The lowest BCUT2D eigenvalue weighted by Gasteiger charge is -2.60. The minimum atomic E-state index is -0.568. The Morgan fingerprint density at radius 2 is 1.73 bits per heavy atom. The van der Waals surface area contributed by atoms with E-state index in [9.17, 15) is 19.6 Å². The first-order chi connectivity index (χ1) is 27.1. The van der Waals surface area contributed by atoms with E-state index in [0.29, 0.717) is 66.5 Å².